The number of fused-ring (bicyclic) bond motifs is 1. The van der Waals surface area contributed by atoms with E-state index in [1.165, 1.54) is 12.6 Å². The fraction of sp³-hybridized carbons (Fsp3) is 0.182. The van der Waals surface area contributed by atoms with Crippen LogP contribution in [0.5, 0.6) is 0 Å². The van der Waals surface area contributed by atoms with Crippen molar-refractivity contribution in [1.29, 1.82) is 0 Å². The molecule has 1 amide bonds. The Morgan fingerprint density at radius 2 is 1.46 bits per heavy atom. The first-order chi connectivity index (χ1) is 20.0. The normalized spacial score (nSPS) is 13.3. The molecule has 1 N–H and O–H groups in total. The van der Waals surface area contributed by atoms with Crippen molar-refractivity contribution in [2.45, 2.75) is 13.3 Å². The maximum Gasteiger partial charge on any atom is 0.221 e. The summed E-state index contributed by atoms with van der Waals surface area (Å²) in [5.74, 6) is 0.782. The summed E-state index contributed by atoms with van der Waals surface area (Å²) in [4.78, 5) is 42.4. The van der Waals surface area contributed by atoms with Gasteiger partial charge in [-0.2, -0.15) is 0 Å². The fourth-order valence-electron chi connectivity index (χ4n) is 5.13. The molecule has 1 fully saturated rings. The number of ketones is 1. The van der Waals surface area contributed by atoms with Gasteiger partial charge >= 0.3 is 0 Å². The minimum absolute atomic E-state index is 0.0299. The second-order valence-corrected chi connectivity index (χ2v) is 10.2. The van der Waals surface area contributed by atoms with Gasteiger partial charge in [0.2, 0.25) is 5.91 Å². The highest BCUT2D eigenvalue weighted by atomic mass is 16.1. The van der Waals surface area contributed by atoms with Gasteiger partial charge in [-0.15, -0.1) is 0 Å². The molecule has 1 aliphatic heterocycles. The largest absolute Gasteiger partial charge is 0.368 e. The molecule has 1 saturated heterocycles. The predicted octanol–water partition coefficient (Wildman–Crippen LogP) is 5.40. The first kappa shape index (κ1) is 26.1. The molecule has 3 aromatic carbocycles. The molecule has 8 nitrogen and oxygen atoms in total. The number of Topliss-reactive ketones (excluding diaryl/α,β-unsaturated/α-hetero) is 1. The van der Waals surface area contributed by atoms with Gasteiger partial charge in [0, 0.05) is 68.9 Å². The minimum atomic E-state index is -0.140. The van der Waals surface area contributed by atoms with E-state index >= 15 is 0 Å². The Balaban J connectivity index is 1.12. The number of hydrogen-bond donors (Lipinski definition) is 1. The molecule has 41 heavy (non-hydrogen) atoms. The predicted molar refractivity (Wildman–Crippen MR) is 162 cm³/mol. The quantitative estimate of drug-likeness (QED) is 0.275. The third-order valence-electron chi connectivity index (χ3n) is 7.34. The Bertz CT molecular complexity index is 1680. The summed E-state index contributed by atoms with van der Waals surface area (Å²) in [6.45, 7) is 5.05. The average molecular weight is 543 g/mol. The van der Waals surface area contributed by atoms with E-state index in [1.54, 1.807) is 24.3 Å². The van der Waals surface area contributed by atoms with Crippen molar-refractivity contribution in [3.63, 3.8) is 0 Å². The van der Waals surface area contributed by atoms with Crippen LogP contribution in [0.25, 0.3) is 22.2 Å². The van der Waals surface area contributed by atoms with E-state index in [1.807, 2.05) is 61.1 Å². The summed E-state index contributed by atoms with van der Waals surface area (Å²) in [6.07, 6.45) is 5.83. The lowest BCUT2D eigenvalue weighted by atomic mass is 9.99. The number of rotatable bonds is 7. The molecular formula is C33H30N6O2. The van der Waals surface area contributed by atoms with Gasteiger partial charge in [-0.3, -0.25) is 19.6 Å². The molecule has 0 radical (unpaired) electrons. The second-order valence-electron chi connectivity index (χ2n) is 10.2. The number of aromatic nitrogens is 3. The third kappa shape index (κ3) is 6.06. The number of anilines is 3. The van der Waals surface area contributed by atoms with Crippen LogP contribution in [0, 0.1) is 0 Å². The van der Waals surface area contributed by atoms with Crippen molar-refractivity contribution in [3.05, 3.63) is 109 Å². The minimum Gasteiger partial charge on any atom is -0.368 e. The van der Waals surface area contributed by atoms with E-state index in [2.05, 4.69) is 37.2 Å². The number of carbonyl (C=O) groups is 2. The Hall–Kier alpha value is -5.11. The molecule has 0 aliphatic carbocycles. The van der Waals surface area contributed by atoms with Crippen molar-refractivity contribution >= 4 is 39.9 Å². The second kappa shape index (κ2) is 11.6. The number of piperazine rings is 1. The first-order valence-electron chi connectivity index (χ1n) is 13.7. The molecule has 3 heterocycles. The summed E-state index contributed by atoms with van der Waals surface area (Å²) < 4.78 is 0. The maximum absolute atomic E-state index is 12.8. The molecule has 0 unspecified atom stereocenters. The Kier molecular flexibility index (Phi) is 7.36. The molecule has 2 aromatic heterocycles. The Morgan fingerprint density at radius 1 is 0.780 bits per heavy atom. The third-order valence-corrected chi connectivity index (χ3v) is 7.34. The standard InChI is InChI=1S/C33H30N6O2/c1-23(40)36-28-9-6-26(7-10-28)32(41)20-24-2-4-25(5-3-24)27-8-11-30-31(21-27)37-33(22-35-30)39-18-16-38(17-19-39)29-12-14-34-15-13-29/h2-15,21-22H,16-20H2,1H3,(H,36,40). The Labute approximate surface area is 238 Å². The highest BCUT2D eigenvalue weighted by Gasteiger charge is 2.19. The van der Waals surface area contributed by atoms with Gasteiger partial charge in [0.05, 0.1) is 17.2 Å². The van der Waals surface area contributed by atoms with Crippen LogP contribution in [0.3, 0.4) is 0 Å². The smallest absolute Gasteiger partial charge is 0.221 e. The topological polar surface area (TPSA) is 91.3 Å². The SMILES string of the molecule is CC(=O)Nc1ccc(C(=O)Cc2ccc(-c3ccc4ncc(N5CCN(c6ccncc6)CC5)nc4c3)cc2)cc1. The maximum atomic E-state index is 12.8. The van der Waals surface area contributed by atoms with Crippen molar-refractivity contribution in [1.82, 2.24) is 15.0 Å². The molecule has 8 heteroatoms. The first-order valence-corrected chi connectivity index (χ1v) is 13.7. The van der Waals surface area contributed by atoms with Crippen LogP contribution in [-0.2, 0) is 11.2 Å². The highest BCUT2D eigenvalue weighted by molar-refractivity contribution is 5.98. The van der Waals surface area contributed by atoms with Crippen LogP contribution in [0.2, 0.25) is 0 Å². The number of benzene rings is 3. The lowest BCUT2D eigenvalue weighted by Crippen LogP contribution is -2.46. The lowest BCUT2D eigenvalue weighted by Gasteiger charge is -2.36. The molecule has 6 rings (SSSR count). The number of hydrogen-bond acceptors (Lipinski definition) is 7. The van der Waals surface area contributed by atoms with Crippen LogP contribution >= 0.6 is 0 Å². The van der Waals surface area contributed by atoms with Crippen LogP contribution in [0.1, 0.15) is 22.8 Å². The zero-order chi connectivity index (χ0) is 28.2. The van der Waals surface area contributed by atoms with Crippen molar-refractivity contribution in [3.8, 4) is 11.1 Å². The monoisotopic (exact) mass is 542 g/mol. The summed E-state index contributed by atoms with van der Waals surface area (Å²) in [5.41, 5.74) is 7.26. The average Bonchev–Trinajstić information content (AvgIpc) is 3.01. The van der Waals surface area contributed by atoms with E-state index in [9.17, 15) is 9.59 Å². The van der Waals surface area contributed by atoms with Gasteiger partial charge in [0.1, 0.15) is 5.82 Å². The molecule has 0 spiro atoms. The highest BCUT2D eigenvalue weighted by Crippen LogP contribution is 2.26. The van der Waals surface area contributed by atoms with Crippen LogP contribution in [-0.4, -0.2) is 52.8 Å². The van der Waals surface area contributed by atoms with E-state index < -0.39 is 0 Å². The summed E-state index contributed by atoms with van der Waals surface area (Å²) in [7, 11) is 0. The molecule has 0 atom stereocenters. The van der Waals surface area contributed by atoms with Crippen molar-refractivity contribution < 1.29 is 9.59 Å². The van der Waals surface area contributed by atoms with Gasteiger partial charge < -0.3 is 15.1 Å². The molecule has 0 bridgehead atoms. The fourth-order valence-corrected chi connectivity index (χ4v) is 5.13. The number of amides is 1. The van der Waals surface area contributed by atoms with E-state index in [0.29, 0.717) is 17.7 Å². The Morgan fingerprint density at radius 3 is 2.17 bits per heavy atom. The van der Waals surface area contributed by atoms with E-state index in [-0.39, 0.29) is 11.7 Å². The van der Waals surface area contributed by atoms with Gasteiger partial charge in [-0.1, -0.05) is 30.3 Å². The molecule has 0 saturated carbocycles. The molecule has 1 aliphatic rings. The number of pyridine rings is 1. The van der Waals surface area contributed by atoms with E-state index in [0.717, 1.165) is 59.7 Å². The van der Waals surface area contributed by atoms with Gasteiger partial charge in [-0.25, -0.2) is 4.98 Å². The number of nitrogens with one attached hydrogen (secondary N) is 1. The number of nitrogens with zero attached hydrogens (tertiary/aromatic N) is 5. The summed E-state index contributed by atoms with van der Waals surface area (Å²) in [5, 5.41) is 2.72. The van der Waals surface area contributed by atoms with Crippen LogP contribution < -0.4 is 15.1 Å². The van der Waals surface area contributed by atoms with Gasteiger partial charge in [0.25, 0.3) is 0 Å². The molecule has 204 valence electrons. The zero-order valence-corrected chi connectivity index (χ0v) is 22.8. The zero-order valence-electron chi connectivity index (χ0n) is 22.8. The lowest BCUT2D eigenvalue weighted by molar-refractivity contribution is -0.114. The van der Waals surface area contributed by atoms with Crippen molar-refractivity contribution in [2.75, 3.05) is 41.3 Å². The summed E-state index contributed by atoms with van der Waals surface area (Å²) in [6, 6.07) is 25.3. The van der Waals surface area contributed by atoms with Crippen molar-refractivity contribution in [2.24, 2.45) is 0 Å². The summed E-state index contributed by atoms with van der Waals surface area (Å²) >= 11 is 0. The van der Waals surface area contributed by atoms with Gasteiger partial charge in [0.15, 0.2) is 5.78 Å². The molecule has 5 aromatic rings. The number of carbonyl (C=O) groups excluding carboxylic acids is 2. The van der Waals surface area contributed by atoms with Crippen LogP contribution in [0.15, 0.2) is 97.5 Å². The van der Waals surface area contributed by atoms with E-state index in [4.69, 9.17) is 4.98 Å². The van der Waals surface area contributed by atoms with Gasteiger partial charge in [-0.05, 0) is 65.2 Å². The molecular weight excluding hydrogens is 512 g/mol. The van der Waals surface area contributed by atoms with Crippen LogP contribution in [0.4, 0.5) is 17.2 Å².